The van der Waals surface area contributed by atoms with Gasteiger partial charge >= 0.3 is 0 Å². The van der Waals surface area contributed by atoms with E-state index in [2.05, 4.69) is 4.98 Å². The molecule has 1 heterocycles. The number of aliphatic hydroxyl groups excluding tert-OH is 1. The van der Waals surface area contributed by atoms with Gasteiger partial charge in [0, 0.05) is 33.9 Å². The molecule has 2 rings (SSSR count). The second-order valence-electron chi connectivity index (χ2n) is 4.10. The number of aliphatic hydroxyl groups is 1. The fraction of sp³-hybridized carbons (Fsp3) is 0.214. The number of nitrogens with zero attached hydrogens (tertiary/aromatic N) is 1. The average Bonchev–Trinajstić information content (AvgIpc) is 2.34. The number of benzene rings is 1. The first-order valence-electron chi connectivity index (χ1n) is 5.62. The molecule has 1 unspecified atom stereocenters. The molecular formula is C14H13Cl2NO. The Morgan fingerprint density at radius 3 is 2.44 bits per heavy atom. The number of aromatic nitrogens is 1. The maximum Gasteiger partial charge on any atom is 0.0848 e. The smallest absolute Gasteiger partial charge is 0.0848 e. The lowest BCUT2D eigenvalue weighted by molar-refractivity contribution is 0.177. The Labute approximate surface area is 116 Å². The first-order valence-corrected chi connectivity index (χ1v) is 6.37. The number of hydrogen-bond acceptors (Lipinski definition) is 2. The quantitative estimate of drug-likeness (QED) is 0.923. The molecular weight excluding hydrogens is 269 g/mol. The second kappa shape index (κ2) is 5.70. The molecule has 0 amide bonds. The highest BCUT2D eigenvalue weighted by Gasteiger charge is 2.15. The molecule has 0 saturated carbocycles. The molecule has 0 radical (unpaired) electrons. The van der Waals surface area contributed by atoms with Crippen LogP contribution in [0.15, 0.2) is 36.5 Å². The van der Waals surface area contributed by atoms with Gasteiger partial charge in [0.2, 0.25) is 0 Å². The predicted molar refractivity (Wildman–Crippen MR) is 74.1 cm³/mol. The molecule has 18 heavy (non-hydrogen) atoms. The minimum Gasteiger partial charge on any atom is -0.388 e. The van der Waals surface area contributed by atoms with Gasteiger partial charge < -0.3 is 5.11 Å². The van der Waals surface area contributed by atoms with Crippen molar-refractivity contribution in [1.29, 1.82) is 0 Å². The lowest BCUT2D eigenvalue weighted by Gasteiger charge is -2.14. The Balaban J connectivity index is 2.27. The van der Waals surface area contributed by atoms with E-state index >= 15 is 0 Å². The van der Waals surface area contributed by atoms with Crippen molar-refractivity contribution in [3.05, 3.63) is 63.4 Å². The van der Waals surface area contributed by atoms with Gasteiger partial charge in [-0.3, -0.25) is 4.98 Å². The summed E-state index contributed by atoms with van der Waals surface area (Å²) in [5.41, 5.74) is 2.37. The molecule has 0 fully saturated rings. The van der Waals surface area contributed by atoms with E-state index in [1.807, 2.05) is 13.0 Å². The standard InChI is InChI=1S/C14H13Cl2NO/c1-9-10(4-3-7-17-9)14(18)8-11-12(15)5-2-6-13(11)16/h2-7,14,18H,8H2,1H3. The summed E-state index contributed by atoms with van der Waals surface area (Å²) in [7, 11) is 0. The summed E-state index contributed by atoms with van der Waals surface area (Å²) in [6.45, 7) is 1.87. The third-order valence-corrected chi connectivity index (χ3v) is 3.57. The molecule has 0 aliphatic rings. The molecule has 0 saturated heterocycles. The number of hydrogen-bond donors (Lipinski definition) is 1. The lowest BCUT2D eigenvalue weighted by atomic mass is 10.0. The molecule has 1 atom stereocenters. The van der Waals surface area contributed by atoms with Gasteiger partial charge in [-0.25, -0.2) is 0 Å². The van der Waals surface area contributed by atoms with Crippen molar-refractivity contribution in [2.45, 2.75) is 19.4 Å². The van der Waals surface area contributed by atoms with Crippen molar-refractivity contribution in [2.75, 3.05) is 0 Å². The van der Waals surface area contributed by atoms with Gasteiger partial charge in [0.15, 0.2) is 0 Å². The van der Waals surface area contributed by atoms with Gasteiger partial charge in [0.05, 0.1) is 6.10 Å². The predicted octanol–water partition coefficient (Wildman–Crippen LogP) is 3.97. The average molecular weight is 282 g/mol. The van der Waals surface area contributed by atoms with E-state index in [9.17, 15) is 5.11 Å². The van der Waals surface area contributed by atoms with E-state index in [0.29, 0.717) is 16.5 Å². The normalized spacial score (nSPS) is 12.4. The molecule has 0 bridgehead atoms. The molecule has 0 aliphatic heterocycles. The highest BCUT2D eigenvalue weighted by Crippen LogP contribution is 2.29. The molecule has 94 valence electrons. The van der Waals surface area contributed by atoms with Gasteiger partial charge in [-0.2, -0.15) is 0 Å². The maximum atomic E-state index is 10.2. The lowest BCUT2D eigenvalue weighted by Crippen LogP contribution is -2.05. The molecule has 1 aromatic heterocycles. The summed E-state index contributed by atoms with van der Waals surface area (Å²) in [5, 5.41) is 11.4. The fourth-order valence-electron chi connectivity index (χ4n) is 1.88. The van der Waals surface area contributed by atoms with Crippen LogP contribution in [0.5, 0.6) is 0 Å². The summed E-state index contributed by atoms with van der Waals surface area (Å²) >= 11 is 12.2. The van der Waals surface area contributed by atoms with Crippen molar-refractivity contribution in [1.82, 2.24) is 4.98 Å². The van der Waals surface area contributed by atoms with E-state index in [1.165, 1.54) is 0 Å². The van der Waals surface area contributed by atoms with Crippen LogP contribution < -0.4 is 0 Å². The molecule has 1 N–H and O–H groups in total. The van der Waals surface area contributed by atoms with Gasteiger partial charge in [0.25, 0.3) is 0 Å². The van der Waals surface area contributed by atoms with Crippen LogP contribution in [0, 0.1) is 6.92 Å². The Morgan fingerprint density at radius 1 is 1.17 bits per heavy atom. The summed E-state index contributed by atoms with van der Waals surface area (Å²) in [6, 6.07) is 8.99. The Morgan fingerprint density at radius 2 is 1.83 bits per heavy atom. The maximum absolute atomic E-state index is 10.2. The first-order chi connectivity index (χ1) is 8.59. The second-order valence-corrected chi connectivity index (χ2v) is 4.91. The van der Waals surface area contributed by atoms with E-state index in [4.69, 9.17) is 23.2 Å². The monoisotopic (exact) mass is 281 g/mol. The van der Waals surface area contributed by atoms with Crippen molar-refractivity contribution in [3.8, 4) is 0 Å². The van der Waals surface area contributed by atoms with Crippen LogP contribution in [-0.4, -0.2) is 10.1 Å². The van der Waals surface area contributed by atoms with Crippen molar-refractivity contribution in [3.63, 3.8) is 0 Å². The number of halogens is 2. The van der Waals surface area contributed by atoms with Crippen LogP contribution >= 0.6 is 23.2 Å². The zero-order chi connectivity index (χ0) is 13.1. The summed E-state index contributed by atoms with van der Waals surface area (Å²) in [5.74, 6) is 0. The molecule has 4 heteroatoms. The SMILES string of the molecule is Cc1ncccc1C(O)Cc1c(Cl)cccc1Cl. The number of rotatable bonds is 3. The molecule has 2 aromatic rings. The molecule has 1 aromatic carbocycles. The van der Waals surface area contributed by atoms with E-state index < -0.39 is 6.10 Å². The molecule has 0 aliphatic carbocycles. The number of aryl methyl sites for hydroxylation is 1. The minimum absolute atomic E-state index is 0.380. The Bertz CT molecular complexity index is 537. The van der Waals surface area contributed by atoms with Gasteiger partial charge in [-0.15, -0.1) is 0 Å². The third-order valence-electron chi connectivity index (χ3n) is 2.87. The van der Waals surface area contributed by atoms with Crippen LogP contribution in [0.4, 0.5) is 0 Å². The van der Waals surface area contributed by atoms with Gasteiger partial charge in [-0.1, -0.05) is 35.3 Å². The highest BCUT2D eigenvalue weighted by atomic mass is 35.5. The summed E-state index contributed by atoms with van der Waals surface area (Å²) in [6.07, 6.45) is 1.43. The van der Waals surface area contributed by atoms with Crippen LogP contribution in [-0.2, 0) is 6.42 Å². The van der Waals surface area contributed by atoms with Crippen molar-refractivity contribution < 1.29 is 5.11 Å². The van der Waals surface area contributed by atoms with Gasteiger partial charge in [0.1, 0.15) is 0 Å². The van der Waals surface area contributed by atoms with E-state index in [-0.39, 0.29) is 0 Å². The van der Waals surface area contributed by atoms with Crippen molar-refractivity contribution >= 4 is 23.2 Å². The largest absolute Gasteiger partial charge is 0.388 e. The first kappa shape index (κ1) is 13.3. The molecule has 0 spiro atoms. The van der Waals surface area contributed by atoms with E-state index in [1.54, 1.807) is 30.5 Å². The zero-order valence-electron chi connectivity index (χ0n) is 9.90. The van der Waals surface area contributed by atoms with Crippen LogP contribution in [0.25, 0.3) is 0 Å². The topological polar surface area (TPSA) is 33.1 Å². The van der Waals surface area contributed by atoms with Crippen LogP contribution in [0.3, 0.4) is 0 Å². The van der Waals surface area contributed by atoms with Crippen LogP contribution in [0.2, 0.25) is 10.0 Å². The Kier molecular flexibility index (Phi) is 4.23. The molecule has 2 nitrogen and oxygen atoms in total. The fourth-order valence-corrected chi connectivity index (χ4v) is 2.43. The third kappa shape index (κ3) is 2.83. The highest BCUT2D eigenvalue weighted by molar-refractivity contribution is 6.35. The summed E-state index contributed by atoms with van der Waals surface area (Å²) in [4.78, 5) is 4.16. The van der Waals surface area contributed by atoms with Gasteiger partial charge in [-0.05, 0) is 30.7 Å². The summed E-state index contributed by atoms with van der Waals surface area (Å²) < 4.78 is 0. The zero-order valence-corrected chi connectivity index (χ0v) is 11.4. The van der Waals surface area contributed by atoms with E-state index in [0.717, 1.165) is 16.8 Å². The number of pyridine rings is 1. The van der Waals surface area contributed by atoms with Crippen molar-refractivity contribution in [2.24, 2.45) is 0 Å². The Hall–Kier alpha value is -1.09. The van der Waals surface area contributed by atoms with Crippen LogP contribution in [0.1, 0.15) is 22.9 Å². The minimum atomic E-state index is -0.656.